The van der Waals surface area contributed by atoms with E-state index in [9.17, 15) is 4.79 Å². The Kier molecular flexibility index (Phi) is 9.40. The Morgan fingerprint density at radius 1 is 1.26 bits per heavy atom. The first-order valence-corrected chi connectivity index (χ1v) is 14.2. The second-order valence-electron chi connectivity index (χ2n) is 9.26. The van der Waals surface area contributed by atoms with E-state index in [1.807, 2.05) is 0 Å². The number of alkyl halides is 1. The molecular formula is C22H32ClN7O3Si. The van der Waals surface area contributed by atoms with Crippen LogP contribution in [0, 0.1) is 5.92 Å². The fraction of sp³-hybridized carbons (Fsp3) is 0.545. The second kappa shape index (κ2) is 11.6. The number of aromatic amines is 1. The maximum absolute atomic E-state index is 11.6. The van der Waals surface area contributed by atoms with Gasteiger partial charge in [0.15, 0.2) is 8.32 Å². The van der Waals surface area contributed by atoms with Crippen LogP contribution in [0.15, 0.2) is 45.8 Å². The van der Waals surface area contributed by atoms with Crippen molar-refractivity contribution in [1.29, 1.82) is 0 Å². The number of methoxy groups -OCH3 is 1. The van der Waals surface area contributed by atoms with Crippen LogP contribution in [0.3, 0.4) is 0 Å². The number of aromatic nitrogens is 2. The summed E-state index contributed by atoms with van der Waals surface area (Å²) in [6, 6.07) is 6.52. The second-order valence-corrected chi connectivity index (χ2v) is 14.4. The predicted octanol–water partition coefficient (Wildman–Crippen LogP) is 7.23. The van der Waals surface area contributed by atoms with E-state index in [0.717, 1.165) is 0 Å². The molecule has 34 heavy (non-hydrogen) atoms. The number of hydrogen-bond donors (Lipinski definition) is 1. The molecule has 0 aliphatic rings. The molecule has 1 aromatic heterocycles. The van der Waals surface area contributed by atoms with Gasteiger partial charge in [0.25, 0.3) is 0 Å². The summed E-state index contributed by atoms with van der Waals surface area (Å²) in [5, 5.41) is 11.3. The summed E-state index contributed by atoms with van der Waals surface area (Å²) >= 11 is 6.62. The lowest BCUT2D eigenvalue weighted by Crippen LogP contribution is -2.47. The van der Waals surface area contributed by atoms with Gasteiger partial charge in [0, 0.05) is 11.5 Å². The Hall–Kier alpha value is -2.72. The number of nitrogens with one attached hydrogen (secondary N) is 1. The van der Waals surface area contributed by atoms with Crippen LogP contribution in [-0.2, 0) is 9.16 Å². The lowest BCUT2D eigenvalue weighted by atomic mass is 9.99. The van der Waals surface area contributed by atoms with E-state index < -0.39 is 25.8 Å². The zero-order valence-corrected chi connectivity index (χ0v) is 22.4. The number of carbonyl (C=O) groups excluding carboxylic acids is 1. The van der Waals surface area contributed by atoms with Gasteiger partial charge < -0.3 is 14.1 Å². The molecule has 0 radical (unpaired) electrons. The maximum atomic E-state index is 11.6. The van der Waals surface area contributed by atoms with Crippen molar-refractivity contribution < 1.29 is 14.0 Å². The Labute approximate surface area is 205 Å². The number of nitrogens with zero attached hydrogens (tertiary/aromatic N) is 6. The quantitative estimate of drug-likeness (QED) is 0.0858. The third kappa shape index (κ3) is 6.66. The van der Waals surface area contributed by atoms with Crippen molar-refractivity contribution in [1.82, 2.24) is 9.97 Å². The van der Waals surface area contributed by atoms with Crippen LogP contribution in [0.4, 0.5) is 11.6 Å². The summed E-state index contributed by atoms with van der Waals surface area (Å²) in [6.07, 6.45) is 1.04. The number of carbonyl (C=O) groups is 1. The number of azo groups is 1. The Morgan fingerprint density at radius 2 is 1.91 bits per heavy atom. The van der Waals surface area contributed by atoms with E-state index in [2.05, 4.69) is 75.7 Å². The largest absolute Gasteiger partial charge is 0.465 e. The van der Waals surface area contributed by atoms with Crippen molar-refractivity contribution >= 4 is 37.5 Å². The number of esters is 1. The number of azide groups is 1. The molecule has 1 heterocycles. The van der Waals surface area contributed by atoms with Gasteiger partial charge in [-0.05, 0) is 53.8 Å². The Bertz CT molecular complexity index is 1050. The number of halogens is 1. The van der Waals surface area contributed by atoms with Crippen LogP contribution in [0.5, 0.6) is 0 Å². The Morgan fingerprint density at radius 3 is 2.47 bits per heavy atom. The van der Waals surface area contributed by atoms with E-state index in [0.29, 0.717) is 22.9 Å². The van der Waals surface area contributed by atoms with Crippen molar-refractivity contribution in [3.8, 4) is 0 Å². The minimum absolute atomic E-state index is 0.0424. The summed E-state index contributed by atoms with van der Waals surface area (Å²) in [5.41, 5.74) is 10.3. The number of H-pyrrole nitrogens is 1. The summed E-state index contributed by atoms with van der Waals surface area (Å²) in [4.78, 5) is 21.8. The van der Waals surface area contributed by atoms with Crippen LogP contribution in [0.2, 0.25) is 18.1 Å². The van der Waals surface area contributed by atoms with Gasteiger partial charge in [-0.15, -0.1) is 21.8 Å². The monoisotopic (exact) mass is 505 g/mol. The standard InChI is InChI=1S/C22H32ClN7O3Si/c1-14(2)22(3,4)34(6,7)33-19(17(23)12-26-30-24)18-13-25-21(27-18)29-28-16-10-8-15(9-11-16)20(31)32-5/h8-11,13-14,17,19H,12H2,1-7H3,(H,25,27)/t17-,19+/m0/s1. The smallest absolute Gasteiger partial charge is 0.337 e. The molecule has 1 aromatic carbocycles. The van der Waals surface area contributed by atoms with E-state index in [1.54, 1.807) is 30.5 Å². The molecule has 0 fully saturated rings. The van der Waals surface area contributed by atoms with Gasteiger partial charge in [0.1, 0.15) is 6.10 Å². The van der Waals surface area contributed by atoms with Crippen molar-refractivity contribution in [2.45, 2.75) is 57.3 Å². The van der Waals surface area contributed by atoms with Gasteiger partial charge in [-0.25, -0.2) is 9.78 Å². The van der Waals surface area contributed by atoms with Crippen molar-refractivity contribution in [2.75, 3.05) is 13.7 Å². The van der Waals surface area contributed by atoms with Gasteiger partial charge in [0.05, 0.1) is 35.6 Å². The average Bonchev–Trinajstić information content (AvgIpc) is 3.28. The molecule has 10 nitrogen and oxygen atoms in total. The molecule has 0 bridgehead atoms. The minimum atomic E-state index is -2.28. The highest BCUT2D eigenvalue weighted by molar-refractivity contribution is 6.74. The predicted molar refractivity (Wildman–Crippen MR) is 134 cm³/mol. The van der Waals surface area contributed by atoms with E-state index in [-0.39, 0.29) is 17.5 Å². The summed E-state index contributed by atoms with van der Waals surface area (Å²) in [7, 11) is -0.954. The summed E-state index contributed by atoms with van der Waals surface area (Å²) in [6.45, 7) is 13.1. The van der Waals surface area contributed by atoms with Gasteiger partial charge >= 0.3 is 5.97 Å². The normalized spacial score (nSPS) is 14.1. The highest BCUT2D eigenvalue weighted by Crippen LogP contribution is 2.47. The lowest BCUT2D eigenvalue weighted by molar-refractivity contribution is 0.0600. The molecule has 0 saturated carbocycles. The fourth-order valence-electron chi connectivity index (χ4n) is 3.11. The zero-order valence-electron chi connectivity index (χ0n) is 20.6. The molecule has 0 amide bonds. The van der Waals surface area contributed by atoms with E-state index in [4.69, 9.17) is 21.6 Å². The molecule has 1 N–H and O–H groups in total. The van der Waals surface area contributed by atoms with Crippen LogP contribution in [0.25, 0.3) is 10.4 Å². The SMILES string of the molecule is COC(=O)c1ccc(N=Nc2ncc([C@H](O[Si](C)(C)C(C)(C)C(C)C)[C@@H](Cl)CN=[N+]=[N-])[nH]2)cc1. The topological polar surface area (TPSA) is 138 Å². The van der Waals surface area contributed by atoms with Crippen LogP contribution in [0.1, 0.15) is 49.9 Å². The molecular weight excluding hydrogens is 474 g/mol. The molecule has 0 aliphatic carbocycles. The third-order valence-corrected chi connectivity index (χ3v) is 11.4. The van der Waals surface area contributed by atoms with Crippen molar-refractivity contribution in [2.24, 2.45) is 21.3 Å². The molecule has 2 aromatic rings. The first-order chi connectivity index (χ1) is 15.9. The molecule has 0 saturated heterocycles. The van der Waals surface area contributed by atoms with Gasteiger partial charge in [-0.3, -0.25) is 0 Å². The van der Waals surface area contributed by atoms with Crippen LogP contribution < -0.4 is 0 Å². The molecule has 2 rings (SSSR count). The van der Waals surface area contributed by atoms with Gasteiger partial charge in [-0.2, -0.15) is 0 Å². The Balaban J connectivity index is 2.28. The first-order valence-electron chi connectivity index (χ1n) is 10.9. The van der Waals surface area contributed by atoms with Gasteiger partial charge in [-0.1, -0.05) is 32.8 Å². The van der Waals surface area contributed by atoms with Crippen LogP contribution >= 0.6 is 11.6 Å². The van der Waals surface area contributed by atoms with E-state index in [1.165, 1.54) is 7.11 Å². The fourth-order valence-corrected chi connectivity index (χ4v) is 6.07. The summed E-state index contributed by atoms with van der Waals surface area (Å²) in [5.74, 6) is 0.252. The molecule has 0 unspecified atom stereocenters. The number of ether oxygens (including phenoxy) is 1. The zero-order chi connectivity index (χ0) is 25.5. The first kappa shape index (κ1) is 27.5. The third-order valence-electron chi connectivity index (χ3n) is 6.50. The van der Waals surface area contributed by atoms with Crippen molar-refractivity contribution in [3.63, 3.8) is 0 Å². The molecule has 2 atom stereocenters. The molecule has 12 heteroatoms. The maximum Gasteiger partial charge on any atom is 0.337 e. The van der Waals surface area contributed by atoms with Gasteiger partial charge in [0.2, 0.25) is 5.95 Å². The average molecular weight is 506 g/mol. The van der Waals surface area contributed by atoms with Crippen LogP contribution in [-0.4, -0.2) is 43.3 Å². The highest BCUT2D eigenvalue weighted by Gasteiger charge is 2.46. The van der Waals surface area contributed by atoms with E-state index >= 15 is 0 Å². The lowest BCUT2D eigenvalue weighted by Gasteiger charge is -2.44. The summed E-state index contributed by atoms with van der Waals surface area (Å²) < 4.78 is 11.4. The number of rotatable bonds is 11. The number of benzene rings is 1. The number of imidazole rings is 1. The minimum Gasteiger partial charge on any atom is -0.465 e. The molecule has 184 valence electrons. The molecule has 0 aliphatic heterocycles. The highest BCUT2D eigenvalue weighted by atomic mass is 35.5. The molecule has 0 spiro atoms. The van der Waals surface area contributed by atoms with Crippen molar-refractivity contribution in [3.05, 3.63) is 52.2 Å². The number of hydrogen-bond acceptors (Lipinski definition) is 7.